The Labute approximate surface area is 114 Å². The minimum Gasteiger partial charge on any atom is -0.342 e. The molecule has 0 saturated carbocycles. The zero-order valence-electron chi connectivity index (χ0n) is 11.8. The highest BCUT2D eigenvalue weighted by molar-refractivity contribution is 7.11. The monoisotopic (exact) mass is 268 g/mol. The molecule has 18 heavy (non-hydrogen) atoms. The van der Waals surface area contributed by atoms with E-state index in [0.717, 1.165) is 19.5 Å². The second-order valence-electron chi connectivity index (χ2n) is 4.56. The van der Waals surface area contributed by atoms with E-state index in [0.29, 0.717) is 12.6 Å². The van der Waals surface area contributed by atoms with Gasteiger partial charge in [-0.1, -0.05) is 0 Å². The van der Waals surface area contributed by atoms with Gasteiger partial charge < -0.3 is 10.2 Å². The summed E-state index contributed by atoms with van der Waals surface area (Å²) in [5.41, 5.74) is 0. The summed E-state index contributed by atoms with van der Waals surface area (Å²) in [4.78, 5) is 16.4. The highest BCUT2D eigenvalue weighted by atomic mass is 32.1. The molecule has 0 radical (unpaired) electrons. The van der Waals surface area contributed by atoms with Crippen LogP contribution in [0.3, 0.4) is 0 Å². The van der Waals surface area contributed by atoms with Crippen molar-refractivity contribution < 1.29 is 4.79 Å². The Morgan fingerprint density at radius 3 is 2.56 bits per heavy atom. The number of carbonyl (C=O) groups is 1. The van der Waals surface area contributed by atoms with Crippen LogP contribution >= 0.6 is 11.3 Å². The largest absolute Gasteiger partial charge is 0.342 e. The summed E-state index contributed by atoms with van der Waals surface area (Å²) in [6, 6.07) is 4.65. The van der Waals surface area contributed by atoms with Gasteiger partial charge in [0.25, 0.3) is 0 Å². The van der Waals surface area contributed by atoms with Crippen LogP contribution in [-0.4, -0.2) is 36.5 Å². The summed E-state index contributed by atoms with van der Waals surface area (Å²) in [6.07, 6.45) is 0.990. The van der Waals surface area contributed by atoms with Crippen molar-refractivity contribution in [2.45, 2.75) is 40.2 Å². The molecule has 1 amide bonds. The van der Waals surface area contributed by atoms with E-state index in [1.54, 1.807) is 0 Å². The highest BCUT2D eigenvalue weighted by Crippen LogP contribution is 2.16. The Morgan fingerprint density at radius 1 is 1.39 bits per heavy atom. The zero-order valence-corrected chi connectivity index (χ0v) is 12.6. The number of thiophene rings is 1. The van der Waals surface area contributed by atoms with E-state index in [9.17, 15) is 4.79 Å². The van der Waals surface area contributed by atoms with Crippen molar-refractivity contribution in [2.24, 2.45) is 0 Å². The number of nitrogens with zero attached hydrogens (tertiary/aromatic N) is 1. The van der Waals surface area contributed by atoms with E-state index in [2.05, 4.69) is 31.3 Å². The molecule has 1 aromatic rings. The Kier molecular flexibility index (Phi) is 6.36. The second-order valence-corrected chi connectivity index (χ2v) is 5.94. The first-order valence-electron chi connectivity index (χ1n) is 6.63. The van der Waals surface area contributed by atoms with E-state index in [1.807, 2.05) is 30.1 Å². The molecule has 1 rings (SSSR count). The predicted molar refractivity (Wildman–Crippen MR) is 78.2 cm³/mol. The van der Waals surface area contributed by atoms with E-state index in [1.165, 1.54) is 9.75 Å². The Bertz CT molecular complexity index is 372. The first-order valence-corrected chi connectivity index (χ1v) is 7.44. The number of aryl methyl sites for hydroxylation is 1. The Morgan fingerprint density at radius 2 is 2.06 bits per heavy atom. The molecule has 0 aromatic carbocycles. The number of hydrogen-bond acceptors (Lipinski definition) is 3. The summed E-state index contributed by atoms with van der Waals surface area (Å²) in [5, 5.41) is 3.30. The van der Waals surface area contributed by atoms with Gasteiger partial charge in [-0.3, -0.25) is 4.79 Å². The van der Waals surface area contributed by atoms with E-state index in [4.69, 9.17) is 0 Å². The molecule has 0 fully saturated rings. The van der Waals surface area contributed by atoms with Crippen LogP contribution in [0.15, 0.2) is 12.1 Å². The molecule has 0 aliphatic carbocycles. The van der Waals surface area contributed by atoms with Crippen LogP contribution in [0.2, 0.25) is 0 Å². The third-order valence-electron chi connectivity index (χ3n) is 3.02. The maximum absolute atomic E-state index is 11.8. The number of amides is 1. The molecule has 1 N–H and O–H groups in total. The molecular weight excluding hydrogens is 244 g/mol. The van der Waals surface area contributed by atoms with Gasteiger partial charge in [-0.15, -0.1) is 11.3 Å². The average molecular weight is 268 g/mol. The van der Waals surface area contributed by atoms with Crippen LogP contribution in [0.1, 0.15) is 30.5 Å². The minimum atomic E-state index is 0.189. The van der Waals surface area contributed by atoms with E-state index < -0.39 is 0 Å². The lowest BCUT2D eigenvalue weighted by Crippen LogP contribution is -2.41. The molecule has 0 saturated heterocycles. The smallest absolute Gasteiger partial charge is 0.236 e. The number of hydrogen-bond donors (Lipinski definition) is 1. The lowest BCUT2D eigenvalue weighted by molar-refractivity contribution is -0.129. The summed E-state index contributed by atoms with van der Waals surface area (Å²) in [6.45, 7) is 10.3. The van der Waals surface area contributed by atoms with Crippen LogP contribution in [0.5, 0.6) is 0 Å². The molecule has 3 nitrogen and oxygen atoms in total. The van der Waals surface area contributed by atoms with Crippen LogP contribution in [0, 0.1) is 6.92 Å². The van der Waals surface area contributed by atoms with E-state index in [-0.39, 0.29) is 5.91 Å². The maximum atomic E-state index is 11.8. The Balaban J connectivity index is 2.32. The minimum absolute atomic E-state index is 0.189. The third kappa shape index (κ3) is 4.78. The summed E-state index contributed by atoms with van der Waals surface area (Å²) >= 11 is 1.83. The molecule has 0 aliphatic rings. The van der Waals surface area contributed by atoms with Gasteiger partial charge in [0.1, 0.15) is 0 Å². The molecule has 1 aromatic heterocycles. The molecule has 0 bridgehead atoms. The topological polar surface area (TPSA) is 32.3 Å². The van der Waals surface area contributed by atoms with Crippen molar-refractivity contribution in [1.29, 1.82) is 0 Å². The van der Waals surface area contributed by atoms with Crippen molar-refractivity contribution >= 4 is 17.2 Å². The normalized spacial score (nSPS) is 12.4. The Hall–Kier alpha value is -0.870. The summed E-state index contributed by atoms with van der Waals surface area (Å²) < 4.78 is 0. The molecule has 0 spiro atoms. The third-order valence-corrected chi connectivity index (χ3v) is 4.04. The number of likely N-dealkylation sites (N-methyl/N-ethyl adjacent to an activating group) is 1. The molecule has 102 valence electrons. The van der Waals surface area contributed by atoms with Gasteiger partial charge in [0, 0.05) is 28.9 Å². The van der Waals surface area contributed by atoms with Gasteiger partial charge in [-0.2, -0.15) is 0 Å². The summed E-state index contributed by atoms with van der Waals surface area (Å²) in [5.74, 6) is 0.189. The summed E-state index contributed by atoms with van der Waals surface area (Å²) in [7, 11) is 0. The zero-order chi connectivity index (χ0) is 13.5. The van der Waals surface area contributed by atoms with Gasteiger partial charge in [-0.25, -0.2) is 0 Å². The fourth-order valence-electron chi connectivity index (χ4n) is 1.92. The fourth-order valence-corrected chi connectivity index (χ4v) is 2.94. The molecule has 1 atom stereocenters. The fraction of sp³-hybridized carbons (Fsp3) is 0.643. The lowest BCUT2D eigenvalue weighted by Gasteiger charge is -2.20. The molecule has 1 heterocycles. The number of rotatable bonds is 7. The van der Waals surface area contributed by atoms with Crippen molar-refractivity contribution in [3.05, 3.63) is 21.9 Å². The van der Waals surface area contributed by atoms with Crippen molar-refractivity contribution in [3.8, 4) is 0 Å². The first-order chi connectivity index (χ1) is 8.56. The van der Waals surface area contributed by atoms with Crippen LogP contribution in [0.25, 0.3) is 0 Å². The average Bonchev–Trinajstić information content (AvgIpc) is 2.73. The van der Waals surface area contributed by atoms with Gasteiger partial charge in [0.05, 0.1) is 6.54 Å². The molecule has 0 aliphatic heterocycles. The van der Waals surface area contributed by atoms with Gasteiger partial charge >= 0.3 is 0 Å². The quantitative estimate of drug-likeness (QED) is 0.824. The van der Waals surface area contributed by atoms with Gasteiger partial charge in [0.2, 0.25) is 5.91 Å². The predicted octanol–water partition coefficient (Wildman–Crippen LogP) is 2.45. The lowest BCUT2D eigenvalue weighted by atomic mass is 10.2. The van der Waals surface area contributed by atoms with Gasteiger partial charge in [0.15, 0.2) is 0 Å². The highest BCUT2D eigenvalue weighted by Gasteiger charge is 2.11. The second kappa shape index (κ2) is 7.54. The van der Waals surface area contributed by atoms with Crippen LogP contribution < -0.4 is 5.32 Å². The number of carbonyl (C=O) groups excluding carboxylic acids is 1. The first kappa shape index (κ1) is 15.2. The van der Waals surface area contributed by atoms with Crippen LogP contribution in [-0.2, 0) is 11.2 Å². The van der Waals surface area contributed by atoms with E-state index >= 15 is 0 Å². The number of nitrogens with one attached hydrogen (secondary N) is 1. The van der Waals surface area contributed by atoms with Crippen LogP contribution in [0.4, 0.5) is 0 Å². The van der Waals surface area contributed by atoms with Gasteiger partial charge in [-0.05, 0) is 46.2 Å². The molecular formula is C14H24N2OS. The standard InChI is InChI=1S/C14H24N2OS/c1-5-16(6-2)14(17)10-15-11(3)9-13-8-7-12(4)18-13/h7-8,11,15H,5-6,9-10H2,1-4H3. The SMILES string of the molecule is CCN(CC)C(=O)CNC(C)Cc1ccc(C)s1. The van der Waals surface area contributed by atoms with Crippen molar-refractivity contribution in [1.82, 2.24) is 10.2 Å². The molecule has 1 unspecified atom stereocenters. The maximum Gasteiger partial charge on any atom is 0.236 e. The van der Waals surface area contributed by atoms with Crippen molar-refractivity contribution in [2.75, 3.05) is 19.6 Å². The van der Waals surface area contributed by atoms with Crippen molar-refractivity contribution in [3.63, 3.8) is 0 Å². The molecule has 4 heteroatoms.